The summed E-state index contributed by atoms with van der Waals surface area (Å²) < 4.78 is 2.00. The van der Waals surface area contributed by atoms with Crippen molar-refractivity contribution in [1.82, 2.24) is 9.38 Å². The Balaban J connectivity index is 1.75. The molecule has 1 unspecified atom stereocenters. The Labute approximate surface area is 128 Å². The summed E-state index contributed by atoms with van der Waals surface area (Å²) >= 11 is 1.61. The van der Waals surface area contributed by atoms with Crippen LogP contribution in [0.4, 0.5) is 0 Å². The molecule has 0 aliphatic carbocycles. The first kappa shape index (κ1) is 14.3. The van der Waals surface area contributed by atoms with E-state index in [4.69, 9.17) is 0 Å². The average Bonchev–Trinajstić information content (AvgIpc) is 2.98. The quantitative estimate of drug-likeness (QED) is 0.794. The number of thiazole rings is 1. The maximum absolute atomic E-state index is 10.4. The van der Waals surface area contributed by atoms with Gasteiger partial charge in [0.2, 0.25) is 0 Å². The van der Waals surface area contributed by atoms with Crippen LogP contribution >= 0.6 is 11.3 Å². The molecule has 110 valence electrons. The zero-order valence-corrected chi connectivity index (χ0v) is 13.4. The van der Waals surface area contributed by atoms with Gasteiger partial charge < -0.3 is 5.11 Å². The van der Waals surface area contributed by atoms with Crippen LogP contribution in [0.25, 0.3) is 4.96 Å². The minimum atomic E-state index is -0.511. The van der Waals surface area contributed by atoms with Crippen LogP contribution in [-0.4, -0.2) is 14.5 Å². The van der Waals surface area contributed by atoms with E-state index in [9.17, 15) is 5.11 Å². The van der Waals surface area contributed by atoms with E-state index in [1.807, 2.05) is 34.3 Å². The molecule has 0 saturated carbocycles. The van der Waals surface area contributed by atoms with Crippen molar-refractivity contribution >= 4 is 16.3 Å². The lowest BCUT2D eigenvalue weighted by molar-refractivity contribution is 0.177. The van der Waals surface area contributed by atoms with E-state index in [2.05, 4.69) is 37.9 Å². The second-order valence-corrected chi connectivity index (χ2v) is 7.29. The third-order valence-electron chi connectivity index (χ3n) is 3.71. The van der Waals surface area contributed by atoms with Crippen LogP contribution < -0.4 is 0 Å². The molecule has 0 radical (unpaired) electrons. The summed E-state index contributed by atoms with van der Waals surface area (Å²) in [4.78, 5) is 5.49. The van der Waals surface area contributed by atoms with Gasteiger partial charge >= 0.3 is 0 Å². The minimum absolute atomic E-state index is 0.137. The van der Waals surface area contributed by atoms with Crippen molar-refractivity contribution in [3.8, 4) is 0 Å². The van der Waals surface area contributed by atoms with Crippen LogP contribution in [0.5, 0.6) is 0 Å². The summed E-state index contributed by atoms with van der Waals surface area (Å²) in [6, 6.07) is 8.24. The van der Waals surface area contributed by atoms with Gasteiger partial charge in [-0.15, -0.1) is 11.3 Å². The number of hydrogen-bond acceptors (Lipinski definition) is 3. The second kappa shape index (κ2) is 5.28. The van der Waals surface area contributed by atoms with Crippen LogP contribution in [0, 0.1) is 0 Å². The number of nitrogens with zero attached hydrogens (tertiary/aromatic N) is 2. The number of fused-ring (bicyclic) bond motifs is 1. The highest BCUT2D eigenvalue weighted by atomic mass is 32.1. The van der Waals surface area contributed by atoms with Gasteiger partial charge in [-0.2, -0.15) is 0 Å². The predicted molar refractivity (Wildman–Crippen MR) is 86.9 cm³/mol. The molecule has 0 amide bonds. The molecule has 1 aromatic carbocycles. The van der Waals surface area contributed by atoms with E-state index in [1.165, 1.54) is 5.56 Å². The SMILES string of the molecule is CC(C)(C)c1ccc(C(O)Cc2cn3ccsc3n2)cc1. The Morgan fingerprint density at radius 2 is 1.95 bits per heavy atom. The number of benzene rings is 1. The first-order valence-electron chi connectivity index (χ1n) is 7.13. The van der Waals surface area contributed by atoms with Gasteiger partial charge in [-0.1, -0.05) is 45.0 Å². The number of aromatic nitrogens is 2. The van der Waals surface area contributed by atoms with Gasteiger partial charge in [0.05, 0.1) is 11.8 Å². The van der Waals surface area contributed by atoms with Crippen molar-refractivity contribution in [2.24, 2.45) is 0 Å². The minimum Gasteiger partial charge on any atom is -0.388 e. The van der Waals surface area contributed by atoms with E-state index >= 15 is 0 Å². The Hall–Kier alpha value is -1.65. The topological polar surface area (TPSA) is 37.5 Å². The van der Waals surface area contributed by atoms with Crippen LogP contribution in [0.15, 0.2) is 42.0 Å². The van der Waals surface area contributed by atoms with Gasteiger partial charge in [0.1, 0.15) is 0 Å². The predicted octanol–water partition coefficient (Wildman–Crippen LogP) is 3.97. The monoisotopic (exact) mass is 300 g/mol. The van der Waals surface area contributed by atoms with Crippen molar-refractivity contribution < 1.29 is 5.11 Å². The Morgan fingerprint density at radius 3 is 2.57 bits per heavy atom. The van der Waals surface area contributed by atoms with Crippen LogP contribution in [0.3, 0.4) is 0 Å². The first-order valence-corrected chi connectivity index (χ1v) is 8.01. The zero-order valence-electron chi connectivity index (χ0n) is 12.6. The van der Waals surface area contributed by atoms with Crippen LogP contribution in [0.1, 0.15) is 43.7 Å². The highest BCUT2D eigenvalue weighted by Gasteiger charge is 2.15. The lowest BCUT2D eigenvalue weighted by Crippen LogP contribution is -2.11. The third-order valence-corrected chi connectivity index (χ3v) is 4.48. The molecular weight excluding hydrogens is 280 g/mol. The fourth-order valence-electron chi connectivity index (χ4n) is 2.40. The van der Waals surface area contributed by atoms with Gasteiger partial charge in [-0.3, -0.25) is 4.40 Å². The normalized spacial score (nSPS) is 13.7. The fourth-order valence-corrected chi connectivity index (χ4v) is 3.11. The standard InChI is InChI=1S/C17H20N2OS/c1-17(2,3)13-6-4-12(5-7-13)15(20)10-14-11-19-8-9-21-16(19)18-14/h4-9,11,15,20H,10H2,1-3H3. The molecule has 3 rings (SSSR count). The van der Waals surface area contributed by atoms with E-state index in [0.717, 1.165) is 16.2 Å². The van der Waals surface area contributed by atoms with Crippen molar-refractivity contribution in [2.75, 3.05) is 0 Å². The summed E-state index contributed by atoms with van der Waals surface area (Å²) in [6.07, 6.45) is 4.01. The molecule has 1 atom stereocenters. The maximum atomic E-state index is 10.4. The molecule has 0 aliphatic heterocycles. The van der Waals surface area contributed by atoms with E-state index in [-0.39, 0.29) is 5.41 Å². The van der Waals surface area contributed by atoms with Crippen molar-refractivity contribution in [3.63, 3.8) is 0 Å². The summed E-state index contributed by atoms with van der Waals surface area (Å²) in [7, 11) is 0. The molecule has 2 heterocycles. The smallest absolute Gasteiger partial charge is 0.193 e. The zero-order chi connectivity index (χ0) is 15.0. The van der Waals surface area contributed by atoms with Crippen LogP contribution in [0.2, 0.25) is 0 Å². The Kier molecular flexibility index (Phi) is 3.59. The fraction of sp³-hybridized carbons (Fsp3) is 0.353. The molecule has 2 aromatic heterocycles. The Bertz CT molecular complexity index is 706. The van der Waals surface area contributed by atoms with Gasteiger partial charge in [0.25, 0.3) is 0 Å². The maximum Gasteiger partial charge on any atom is 0.193 e. The summed E-state index contributed by atoms with van der Waals surface area (Å²) in [6.45, 7) is 6.57. The molecule has 1 N–H and O–H groups in total. The molecule has 21 heavy (non-hydrogen) atoms. The molecule has 0 fully saturated rings. The highest BCUT2D eigenvalue weighted by molar-refractivity contribution is 7.15. The first-order chi connectivity index (χ1) is 9.93. The van der Waals surface area contributed by atoms with Crippen LogP contribution in [-0.2, 0) is 11.8 Å². The summed E-state index contributed by atoms with van der Waals surface area (Å²) in [5.74, 6) is 0. The third kappa shape index (κ3) is 3.01. The van der Waals surface area contributed by atoms with Gasteiger partial charge in [0.15, 0.2) is 4.96 Å². The number of rotatable bonds is 3. The molecule has 0 aliphatic rings. The van der Waals surface area contributed by atoms with Crippen molar-refractivity contribution in [2.45, 2.75) is 38.7 Å². The van der Waals surface area contributed by atoms with Crippen molar-refractivity contribution in [1.29, 1.82) is 0 Å². The lowest BCUT2D eigenvalue weighted by atomic mass is 9.86. The number of aliphatic hydroxyl groups excluding tert-OH is 1. The Morgan fingerprint density at radius 1 is 1.24 bits per heavy atom. The molecular formula is C17H20N2OS. The van der Waals surface area contributed by atoms with E-state index in [1.54, 1.807) is 11.3 Å². The number of aliphatic hydroxyl groups is 1. The average molecular weight is 300 g/mol. The molecule has 0 bridgehead atoms. The van der Waals surface area contributed by atoms with E-state index in [0.29, 0.717) is 6.42 Å². The van der Waals surface area contributed by atoms with Gasteiger partial charge in [-0.05, 0) is 16.5 Å². The highest BCUT2D eigenvalue weighted by Crippen LogP contribution is 2.25. The van der Waals surface area contributed by atoms with Gasteiger partial charge in [0, 0.05) is 24.2 Å². The molecule has 4 heteroatoms. The molecule has 3 aromatic rings. The van der Waals surface area contributed by atoms with Crippen molar-refractivity contribution in [3.05, 3.63) is 58.9 Å². The largest absolute Gasteiger partial charge is 0.388 e. The molecule has 0 saturated heterocycles. The molecule has 0 spiro atoms. The lowest BCUT2D eigenvalue weighted by Gasteiger charge is -2.20. The number of imidazole rings is 1. The number of hydrogen-bond donors (Lipinski definition) is 1. The van der Waals surface area contributed by atoms with Gasteiger partial charge in [-0.25, -0.2) is 4.98 Å². The second-order valence-electron chi connectivity index (χ2n) is 6.42. The van der Waals surface area contributed by atoms with E-state index < -0.39 is 6.10 Å². The molecule has 3 nitrogen and oxygen atoms in total. The summed E-state index contributed by atoms with van der Waals surface area (Å²) in [5, 5.41) is 12.4. The summed E-state index contributed by atoms with van der Waals surface area (Å²) in [5.41, 5.74) is 3.28.